The van der Waals surface area contributed by atoms with Crippen LogP contribution in [0.5, 0.6) is 0 Å². The first kappa shape index (κ1) is 22.5. The van der Waals surface area contributed by atoms with Crippen LogP contribution in [0.2, 0.25) is 0 Å². The molecule has 0 aromatic rings. The van der Waals surface area contributed by atoms with E-state index in [1.54, 1.807) is 11.8 Å². The zero-order chi connectivity index (χ0) is 18.1. The predicted octanol–water partition coefficient (Wildman–Crippen LogP) is 2.35. The molecular formula is C18H31ClN4O3. The number of carbonyl (C=O) groups excluding carboxylic acids is 2. The van der Waals surface area contributed by atoms with Gasteiger partial charge in [0, 0.05) is 44.9 Å². The molecular weight excluding hydrogens is 356 g/mol. The van der Waals surface area contributed by atoms with Crippen molar-refractivity contribution in [2.24, 2.45) is 0 Å². The highest BCUT2D eigenvalue weighted by Gasteiger charge is 2.37. The number of amides is 2. The first-order chi connectivity index (χ1) is 12.1. The third-order valence-electron chi connectivity index (χ3n) is 5.13. The molecule has 0 spiro atoms. The molecule has 0 aromatic carbocycles. The molecule has 26 heavy (non-hydrogen) atoms. The lowest BCUT2D eigenvalue weighted by Gasteiger charge is -2.37. The lowest BCUT2D eigenvalue weighted by atomic mass is 9.89. The summed E-state index contributed by atoms with van der Waals surface area (Å²) in [6.07, 6.45) is 7.11. The SMILES string of the molecule is CCOC(=O)N1CCC(C#N)(NC(=O)CCNC2CCCCC2)CC1.Cl. The van der Waals surface area contributed by atoms with Crippen molar-refractivity contribution in [2.45, 2.75) is 69.9 Å². The number of nitrogens with zero attached hydrogens (tertiary/aromatic N) is 2. The zero-order valence-electron chi connectivity index (χ0n) is 15.6. The van der Waals surface area contributed by atoms with Gasteiger partial charge in [-0.2, -0.15) is 5.26 Å². The third-order valence-corrected chi connectivity index (χ3v) is 5.13. The Bertz CT molecular complexity index is 495. The molecule has 1 saturated heterocycles. The quantitative estimate of drug-likeness (QED) is 0.730. The lowest BCUT2D eigenvalue weighted by molar-refractivity contribution is -0.122. The average molecular weight is 387 g/mol. The molecule has 1 saturated carbocycles. The maximum absolute atomic E-state index is 12.2. The van der Waals surface area contributed by atoms with Gasteiger partial charge in [-0.05, 0) is 19.8 Å². The summed E-state index contributed by atoms with van der Waals surface area (Å²) in [5.74, 6) is -0.102. The number of piperidine rings is 1. The highest BCUT2D eigenvalue weighted by molar-refractivity contribution is 5.85. The van der Waals surface area contributed by atoms with Gasteiger partial charge in [-0.3, -0.25) is 4.79 Å². The molecule has 0 radical (unpaired) electrons. The van der Waals surface area contributed by atoms with Crippen LogP contribution >= 0.6 is 12.4 Å². The van der Waals surface area contributed by atoms with Gasteiger partial charge in [0.25, 0.3) is 0 Å². The van der Waals surface area contributed by atoms with E-state index in [0.717, 1.165) is 0 Å². The Morgan fingerprint density at radius 1 is 1.23 bits per heavy atom. The third kappa shape index (κ3) is 6.65. The summed E-state index contributed by atoms with van der Waals surface area (Å²) in [5.41, 5.74) is -0.870. The molecule has 0 atom stereocenters. The highest BCUT2D eigenvalue weighted by atomic mass is 35.5. The standard InChI is InChI=1S/C18H30N4O3.ClH/c1-2-25-17(24)22-12-9-18(14-19,10-13-22)21-16(23)8-11-20-15-6-4-3-5-7-15;/h15,20H,2-13H2,1H3,(H,21,23);1H. The molecule has 2 amide bonds. The van der Waals surface area contributed by atoms with Crippen molar-refractivity contribution in [1.29, 1.82) is 5.26 Å². The summed E-state index contributed by atoms with van der Waals surface area (Å²) < 4.78 is 4.98. The van der Waals surface area contributed by atoms with Crippen LogP contribution in [-0.2, 0) is 9.53 Å². The average Bonchev–Trinajstić information content (AvgIpc) is 2.63. The number of likely N-dealkylation sites (tertiary alicyclic amines) is 1. The number of hydrogen-bond donors (Lipinski definition) is 2. The number of nitriles is 1. The molecule has 148 valence electrons. The molecule has 2 aliphatic rings. The van der Waals surface area contributed by atoms with Gasteiger partial charge in [-0.1, -0.05) is 19.3 Å². The number of hydrogen-bond acceptors (Lipinski definition) is 5. The van der Waals surface area contributed by atoms with Crippen LogP contribution in [0.3, 0.4) is 0 Å². The molecule has 2 fully saturated rings. The summed E-state index contributed by atoms with van der Waals surface area (Å²) in [6.45, 7) is 3.60. The van der Waals surface area contributed by atoms with Crippen molar-refractivity contribution >= 4 is 24.4 Å². The summed E-state index contributed by atoms with van der Waals surface area (Å²) in [7, 11) is 0. The van der Waals surface area contributed by atoms with Crippen LogP contribution in [0.25, 0.3) is 0 Å². The Labute approximate surface area is 162 Å². The van der Waals surface area contributed by atoms with E-state index >= 15 is 0 Å². The van der Waals surface area contributed by atoms with Crippen molar-refractivity contribution in [2.75, 3.05) is 26.2 Å². The zero-order valence-corrected chi connectivity index (χ0v) is 16.4. The van der Waals surface area contributed by atoms with Gasteiger partial charge >= 0.3 is 6.09 Å². The summed E-state index contributed by atoms with van der Waals surface area (Å²) in [4.78, 5) is 25.6. The van der Waals surface area contributed by atoms with Gasteiger partial charge in [0.15, 0.2) is 0 Å². The normalized spacial score (nSPS) is 19.8. The highest BCUT2D eigenvalue weighted by Crippen LogP contribution is 2.22. The number of ether oxygens (including phenoxy) is 1. The van der Waals surface area contributed by atoms with E-state index < -0.39 is 5.54 Å². The van der Waals surface area contributed by atoms with Crippen LogP contribution in [0.15, 0.2) is 0 Å². The van der Waals surface area contributed by atoms with Gasteiger partial charge < -0.3 is 20.3 Å². The number of nitrogens with one attached hydrogen (secondary N) is 2. The number of halogens is 1. The van der Waals surface area contributed by atoms with Crippen LogP contribution in [0, 0.1) is 11.3 Å². The Morgan fingerprint density at radius 2 is 1.88 bits per heavy atom. The number of rotatable bonds is 6. The first-order valence-electron chi connectivity index (χ1n) is 9.46. The minimum Gasteiger partial charge on any atom is -0.450 e. The molecule has 0 aromatic heterocycles. The van der Waals surface area contributed by atoms with Crippen LogP contribution in [0.1, 0.15) is 58.3 Å². The lowest BCUT2D eigenvalue weighted by Crippen LogP contribution is -2.55. The molecule has 2 N–H and O–H groups in total. The Morgan fingerprint density at radius 3 is 2.46 bits per heavy atom. The van der Waals surface area contributed by atoms with Crippen molar-refractivity contribution < 1.29 is 14.3 Å². The number of carbonyl (C=O) groups is 2. The Kier molecular flexibility index (Phi) is 9.74. The molecule has 0 unspecified atom stereocenters. The van der Waals surface area contributed by atoms with Gasteiger partial charge in [-0.15, -0.1) is 12.4 Å². The Balaban J connectivity index is 0.00000338. The predicted molar refractivity (Wildman–Crippen MR) is 101 cm³/mol. The molecule has 8 heteroatoms. The van der Waals surface area contributed by atoms with E-state index in [4.69, 9.17) is 4.74 Å². The summed E-state index contributed by atoms with van der Waals surface area (Å²) >= 11 is 0. The van der Waals surface area contributed by atoms with Crippen LogP contribution in [0.4, 0.5) is 4.79 Å². The summed E-state index contributed by atoms with van der Waals surface area (Å²) in [6, 6.07) is 2.78. The van der Waals surface area contributed by atoms with Crippen molar-refractivity contribution in [3.63, 3.8) is 0 Å². The fraction of sp³-hybridized carbons (Fsp3) is 0.833. The maximum Gasteiger partial charge on any atom is 0.409 e. The fourth-order valence-corrected chi connectivity index (χ4v) is 3.58. The second kappa shape index (κ2) is 11.2. The van der Waals surface area contributed by atoms with Crippen molar-refractivity contribution in [3.8, 4) is 6.07 Å². The van der Waals surface area contributed by atoms with E-state index in [9.17, 15) is 14.9 Å². The summed E-state index contributed by atoms with van der Waals surface area (Å²) in [5, 5.41) is 15.9. The molecule has 1 heterocycles. The van der Waals surface area contributed by atoms with Gasteiger partial charge in [0.05, 0.1) is 12.7 Å². The minimum absolute atomic E-state index is 0. The van der Waals surface area contributed by atoms with Gasteiger partial charge in [-0.25, -0.2) is 4.79 Å². The van der Waals surface area contributed by atoms with E-state index in [0.29, 0.717) is 51.5 Å². The topological polar surface area (TPSA) is 94.5 Å². The minimum atomic E-state index is -0.870. The van der Waals surface area contributed by atoms with E-state index in [-0.39, 0.29) is 24.4 Å². The van der Waals surface area contributed by atoms with Gasteiger partial charge in [0.2, 0.25) is 5.91 Å². The fourth-order valence-electron chi connectivity index (χ4n) is 3.58. The largest absolute Gasteiger partial charge is 0.450 e. The van der Waals surface area contributed by atoms with Crippen molar-refractivity contribution in [3.05, 3.63) is 0 Å². The smallest absolute Gasteiger partial charge is 0.409 e. The van der Waals surface area contributed by atoms with Crippen LogP contribution < -0.4 is 10.6 Å². The maximum atomic E-state index is 12.2. The Hall–Kier alpha value is -1.52. The van der Waals surface area contributed by atoms with E-state index in [2.05, 4.69) is 16.7 Å². The molecule has 0 bridgehead atoms. The second-order valence-corrected chi connectivity index (χ2v) is 6.97. The molecule has 2 rings (SSSR count). The molecule has 7 nitrogen and oxygen atoms in total. The van der Waals surface area contributed by atoms with E-state index in [1.807, 2.05) is 0 Å². The van der Waals surface area contributed by atoms with Crippen molar-refractivity contribution in [1.82, 2.24) is 15.5 Å². The van der Waals surface area contributed by atoms with Crippen LogP contribution in [-0.4, -0.2) is 54.7 Å². The first-order valence-corrected chi connectivity index (χ1v) is 9.46. The molecule has 1 aliphatic heterocycles. The van der Waals surface area contributed by atoms with Gasteiger partial charge in [0.1, 0.15) is 5.54 Å². The second-order valence-electron chi connectivity index (χ2n) is 6.97. The monoisotopic (exact) mass is 386 g/mol. The van der Waals surface area contributed by atoms with E-state index in [1.165, 1.54) is 32.1 Å². The molecule has 1 aliphatic carbocycles.